The Morgan fingerprint density at radius 1 is 1.13 bits per heavy atom. The third-order valence-electron chi connectivity index (χ3n) is 6.50. The highest BCUT2D eigenvalue weighted by Gasteiger charge is 2.51. The number of carbonyl (C=O) groups is 1. The highest BCUT2D eigenvalue weighted by atomic mass is 16.5. The van der Waals surface area contributed by atoms with Crippen molar-refractivity contribution in [2.75, 3.05) is 26.3 Å². The van der Waals surface area contributed by atoms with Gasteiger partial charge in [-0.25, -0.2) is 0 Å². The lowest BCUT2D eigenvalue weighted by atomic mass is 9.72. The number of rotatable bonds is 3. The molecule has 0 saturated carbocycles. The number of likely N-dealkylation sites (tertiary alicyclic amines) is 1. The maximum absolute atomic E-state index is 13.2. The summed E-state index contributed by atoms with van der Waals surface area (Å²) in [6, 6.07) is 9.80. The molecule has 1 spiro atoms. The summed E-state index contributed by atoms with van der Waals surface area (Å²) >= 11 is 0. The summed E-state index contributed by atoms with van der Waals surface area (Å²) < 4.78 is 13.4. The molecule has 1 unspecified atom stereocenters. The van der Waals surface area contributed by atoms with Gasteiger partial charge in [0, 0.05) is 50.5 Å². The van der Waals surface area contributed by atoms with E-state index in [2.05, 4.69) is 15.3 Å². The molecule has 1 amide bonds. The van der Waals surface area contributed by atoms with Crippen molar-refractivity contribution in [2.45, 2.75) is 25.7 Å². The van der Waals surface area contributed by atoms with Gasteiger partial charge >= 0.3 is 0 Å². The first-order valence-corrected chi connectivity index (χ1v) is 10.3. The van der Waals surface area contributed by atoms with Crippen LogP contribution in [0.5, 0.6) is 0 Å². The minimum absolute atomic E-state index is 0.00900. The zero-order valence-corrected chi connectivity index (χ0v) is 17.2. The van der Waals surface area contributed by atoms with Crippen LogP contribution in [0.15, 0.2) is 40.9 Å². The van der Waals surface area contributed by atoms with Crippen molar-refractivity contribution in [1.29, 1.82) is 0 Å². The molecule has 156 valence electrons. The Labute approximate surface area is 174 Å². The van der Waals surface area contributed by atoms with E-state index in [1.165, 1.54) is 5.56 Å². The molecule has 0 bridgehead atoms. The Hall–Kier alpha value is -3.00. The van der Waals surface area contributed by atoms with E-state index in [-0.39, 0.29) is 17.2 Å². The second-order valence-electron chi connectivity index (χ2n) is 8.36. The summed E-state index contributed by atoms with van der Waals surface area (Å²) in [6.07, 6.45) is 3.39. The fourth-order valence-corrected chi connectivity index (χ4v) is 4.68. The van der Waals surface area contributed by atoms with Crippen molar-refractivity contribution in [3.63, 3.8) is 0 Å². The maximum Gasteiger partial charge on any atom is 0.272 e. The lowest BCUT2D eigenvalue weighted by Gasteiger charge is -2.36. The third kappa shape index (κ3) is 3.21. The SMILES string of the molecule is Cc1ccc(-c2nnc(C3CN(C(=O)c4ccnn4C)CC34CCOCC4)o2)cc1. The predicted octanol–water partition coefficient (Wildman–Crippen LogP) is 2.81. The fourth-order valence-electron chi connectivity index (χ4n) is 4.68. The van der Waals surface area contributed by atoms with E-state index in [4.69, 9.17) is 9.15 Å². The molecule has 2 aliphatic rings. The highest BCUT2D eigenvalue weighted by molar-refractivity contribution is 5.92. The van der Waals surface area contributed by atoms with E-state index in [9.17, 15) is 4.79 Å². The first-order chi connectivity index (χ1) is 14.6. The van der Waals surface area contributed by atoms with E-state index < -0.39 is 0 Å². The Bertz CT molecular complexity index is 1050. The van der Waals surface area contributed by atoms with Crippen LogP contribution < -0.4 is 0 Å². The second kappa shape index (κ2) is 7.36. The number of benzene rings is 1. The van der Waals surface area contributed by atoms with E-state index in [1.54, 1.807) is 24.0 Å². The Kier molecular flexibility index (Phi) is 4.66. The van der Waals surface area contributed by atoms with Crippen molar-refractivity contribution < 1.29 is 13.9 Å². The van der Waals surface area contributed by atoms with Gasteiger partial charge in [0.1, 0.15) is 5.69 Å². The van der Waals surface area contributed by atoms with Crippen molar-refractivity contribution in [2.24, 2.45) is 12.5 Å². The van der Waals surface area contributed by atoms with Crippen LogP contribution >= 0.6 is 0 Å². The first-order valence-electron chi connectivity index (χ1n) is 10.3. The number of hydrogen-bond acceptors (Lipinski definition) is 6. The molecule has 1 atom stereocenters. The molecule has 1 aromatic carbocycles. The van der Waals surface area contributed by atoms with Gasteiger partial charge in [-0.2, -0.15) is 5.10 Å². The summed E-state index contributed by atoms with van der Waals surface area (Å²) in [6.45, 7) is 4.63. The smallest absolute Gasteiger partial charge is 0.272 e. The molecule has 0 aliphatic carbocycles. The molecule has 2 aliphatic heterocycles. The topological polar surface area (TPSA) is 86.3 Å². The molecule has 8 heteroatoms. The highest BCUT2D eigenvalue weighted by Crippen LogP contribution is 2.49. The normalized spacial score (nSPS) is 20.7. The number of hydrogen-bond donors (Lipinski definition) is 0. The molecule has 2 fully saturated rings. The molecule has 3 aromatic rings. The largest absolute Gasteiger partial charge is 0.420 e. The Balaban J connectivity index is 1.46. The van der Waals surface area contributed by atoms with Crippen molar-refractivity contribution in [3.05, 3.63) is 53.7 Å². The van der Waals surface area contributed by atoms with Gasteiger partial charge in [0.25, 0.3) is 5.91 Å². The summed E-state index contributed by atoms with van der Waals surface area (Å²) in [7, 11) is 1.79. The zero-order valence-electron chi connectivity index (χ0n) is 17.2. The fraction of sp³-hybridized carbons (Fsp3) is 0.455. The van der Waals surface area contributed by atoms with Gasteiger partial charge in [-0.1, -0.05) is 17.7 Å². The van der Waals surface area contributed by atoms with Crippen LogP contribution in [0.3, 0.4) is 0 Å². The quantitative estimate of drug-likeness (QED) is 0.664. The summed E-state index contributed by atoms with van der Waals surface area (Å²) in [5.74, 6) is 1.10. The summed E-state index contributed by atoms with van der Waals surface area (Å²) in [5.41, 5.74) is 2.56. The average Bonchev–Trinajstić information content (AvgIpc) is 3.48. The van der Waals surface area contributed by atoms with Crippen LogP contribution in [-0.2, 0) is 11.8 Å². The van der Waals surface area contributed by atoms with Crippen LogP contribution in [0, 0.1) is 12.3 Å². The zero-order chi connectivity index (χ0) is 20.7. The Morgan fingerprint density at radius 2 is 1.90 bits per heavy atom. The number of carbonyl (C=O) groups excluding carboxylic acids is 1. The van der Waals surface area contributed by atoms with Gasteiger partial charge in [-0.3, -0.25) is 9.48 Å². The monoisotopic (exact) mass is 407 g/mol. The van der Waals surface area contributed by atoms with Gasteiger partial charge in [0.05, 0.1) is 5.92 Å². The number of aryl methyl sites for hydroxylation is 2. The van der Waals surface area contributed by atoms with Crippen LogP contribution in [0.4, 0.5) is 0 Å². The number of ether oxygens (including phenoxy) is 1. The molecule has 0 radical (unpaired) electrons. The van der Waals surface area contributed by atoms with Gasteiger partial charge < -0.3 is 14.1 Å². The number of amides is 1. The lowest BCUT2D eigenvalue weighted by molar-refractivity contribution is 0.00902. The molecule has 0 N–H and O–H groups in total. The van der Waals surface area contributed by atoms with Crippen LogP contribution in [0.1, 0.15) is 40.7 Å². The standard InChI is InChI=1S/C22H25N5O3/c1-15-3-5-16(6-4-15)19-24-25-20(30-19)17-13-27(14-22(17)8-11-29-12-9-22)21(28)18-7-10-23-26(18)2/h3-7,10,17H,8-9,11-14H2,1-2H3. The van der Waals surface area contributed by atoms with Gasteiger partial charge in [-0.15, -0.1) is 10.2 Å². The van der Waals surface area contributed by atoms with Gasteiger partial charge in [-0.05, 0) is 38.0 Å². The lowest BCUT2D eigenvalue weighted by Crippen LogP contribution is -2.37. The molecular weight excluding hydrogens is 382 g/mol. The minimum Gasteiger partial charge on any atom is -0.420 e. The van der Waals surface area contributed by atoms with Gasteiger partial charge in [0.2, 0.25) is 11.8 Å². The van der Waals surface area contributed by atoms with Crippen molar-refractivity contribution in [3.8, 4) is 11.5 Å². The Morgan fingerprint density at radius 3 is 2.60 bits per heavy atom. The molecule has 2 aromatic heterocycles. The minimum atomic E-state index is -0.108. The maximum atomic E-state index is 13.2. The van der Waals surface area contributed by atoms with Crippen LogP contribution in [0.25, 0.3) is 11.5 Å². The average molecular weight is 407 g/mol. The van der Waals surface area contributed by atoms with Crippen molar-refractivity contribution >= 4 is 5.91 Å². The van der Waals surface area contributed by atoms with Gasteiger partial charge in [0.15, 0.2) is 0 Å². The molecule has 5 rings (SSSR count). The third-order valence-corrected chi connectivity index (χ3v) is 6.50. The van der Waals surface area contributed by atoms with Crippen molar-refractivity contribution in [1.82, 2.24) is 24.9 Å². The molecule has 8 nitrogen and oxygen atoms in total. The second-order valence-corrected chi connectivity index (χ2v) is 8.36. The molecular formula is C22H25N5O3. The molecule has 2 saturated heterocycles. The van der Waals surface area contributed by atoms with E-state index in [0.29, 0.717) is 43.8 Å². The van der Waals surface area contributed by atoms with Crippen LogP contribution in [-0.4, -0.2) is 57.1 Å². The van der Waals surface area contributed by atoms with E-state index in [1.807, 2.05) is 36.1 Å². The molecule has 30 heavy (non-hydrogen) atoms. The molecule has 4 heterocycles. The van der Waals surface area contributed by atoms with E-state index in [0.717, 1.165) is 18.4 Å². The summed E-state index contributed by atoms with van der Waals surface area (Å²) in [4.78, 5) is 15.1. The number of aromatic nitrogens is 4. The van der Waals surface area contributed by atoms with E-state index >= 15 is 0 Å². The first kappa shape index (κ1) is 19.0. The predicted molar refractivity (Wildman–Crippen MR) is 109 cm³/mol. The van der Waals surface area contributed by atoms with Crippen LogP contribution in [0.2, 0.25) is 0 Å². The number of nitrogens with zero attached hydrogens (tertiary/aromatic N) is 5. The summed E-state index contributed by atoms with van der Waals surface area (Å²) in [5, 5.41) is 12.9.